The van der Waals surface area contributed by atoms with Crippen LogP contribution in [-0.2, 0) is 26.8 Å². The Labute approximate surface area is 434 Å². The van der Waals surface area contributed by atoms with Crippen LogP contribution >= 0.6 is 0 Å². The maximum Gasteiger partial charge on any atom is 0.460 e. The molecule has 0 N–H and O–H groups in total. The number of carbonyl (C=O) groups is 1. The SMILES string of the molecule is COC(=O)CCCC1(c2cc(C(F)(F)C(F)(F)C(F)(F)C(F)(F)F)cc(C(F)(F)C(F)(F)C(F)(F)C(F)(F)F)c2)C2c3c4c5c6c3c3c(c7ccc8c9ccc%10c%11c%12c%13c(c6c6c%13c(c%119)c8c7c36)=C3C5C(C=C4)C4C=CC%10C%12C34)C21. The molecule has 406 valence electrons. The summed E-state index contributed by atoms with van der Waals surface area (Å²) >= 11 is 0. The van der Waals surface area contributed by atoms with Crippen LogP contribution in [0.5, 0.6) is 0 Å². The highest BCUT2D eigenvalue weighted by atomic mass is 19.4. The summed E-state index contributed by atoms with van der Waals surface area (Å²) in [5.74, 6) is -48.5. The van der Waals surface area contributed by atoms with E-state index in [2.05, 4.69) is 30.4 Å². The number of rotatable bonds is 11. The predicted octanol–water partition coefficient (Wildman–Crippen LogP) is 17.0. The van der Waals surface area contributed by atoms with Gasteiger partial charge in [0, 0.05) is 52.6 Å². The minimum absolute atomic E-state index is 0.00350. The normalized spacial score (nSPS) is 27.3. The van der Waals surface area contributed by atoms with E-state index in [0.29, 0.717) is 32.8 Å². The zero-order chi connectivity index (χ0) is 55.9. The Bertz CT molecular complexity index is 4680. The van der Waals surface area contributed by atoms with Crippen molar-refractivity contribution in [2.75, 3.05) is 7.11 Å². The topological polar surface area (TPSA) is 26.3 Å². The Balaban J connectivity index is 0.991. The van der Waals surface area contributed by atoms with Gasteiger partial charge >= 0.3 is 53.9 Å². The molecule has 2 fully saturated rings. The fraction of sp³-hybridized carbons (Fsp3) is 0.350. The van der Waals surface area contributed by atoms with Crippen LogP contribution in [0.3, 0.4) is 0 Å². The van der Waals surface area contributed by atoms with Gasteiger partial charge in [-0.05, 0) is 185 Å². The number of fused-ring (bicyclic) bond motifs is 8. The summed E-state index contributed by atoms with van der Waals surface area (Å²) in [6.45, 7) is 0. The van der Waals surface area contributed by atoms with E-state index in [9.17, 15) is 48.7 Å². The van der Waals surface area contributed by atoms with E-state index in [1.165, 1.54) is 27.5 Å². The Morgan fingerprint density at radius 2 is 1.05 bits per heavy atom. The van der Waals surface area contributed by atoms with Gasteiger partial charge in [0.15, 0.2) is 0 Å². The summed E-state index contributed by atoms with van der Waals surface area (Å²) in [6, 6.07) is 6.54. The molecule has 18 rings (SSSR count). The molecule has 0 radical (unpaired) electrons. The van der Waals surface area contributed by atoms with Crippen molar-refractivity contribution >= 4 is 104 Å². The standard InChI is InChI=1S/C60H28F18O2/c1-80-27(79)3-2-12-52(16-13-17(53(61,62)55(65,66)57(69,70)59(73,74)75)15-18(14-16)54(63,64)56(67,68)58(71,72)60(76,77)78)50-36-25-10-8-23-21-6-4-19-20-5-7-22-24-9-11-26-35-33(24)40-31(22)29(20)38-28(19)30(21)39-32(23)34(25)41-43(36)44(37(26)51(50)52)42(35)49-47(40)45(38)46(39)48(41)49/h4-11,13-15,19,21,23,28,30,32,50-51H,2-3,12H2,1H3. The fourth-order valence-corrected chi connectivity index (χ4v) is 18.5. The Hall–Kier alpha value is -6.73. The molecular formula is C60H28F18O2. The summed E-state index contributed by atoms with van der Waals surface area (Å²) < 4.78 is 276. The smallest absolute Gasteiger partial charge is 0.460 e. The van der Waals surface area contributed by atoms with Crippen molar-refractivity contribution in [3.05, 3.63) is 116 Å². The zero-order valence-corrected chi connectivity index (χ0v) is 40.2. The molecule has 9 unspecified atom stereocenters. The van der Waals surface area contributed by atoms with Crippen LogP contribution in [0.25, 0.3) is 97.8 Å². The zero-order valence-electron chi connectivity index (χ0n) is 40.2. The van der Waals surface area contributed by atoms with Crippen LogP contribution in [0.1, 0.15) is 98.9 Å². The largest absolute Gasteiger partial charge is 0.469 e. The molecule has 80 heavy (non-hydrogen) atoms. The van der Waals surface area contributed by atoms with Gasteiger partial charge in [0.1, 0.15) is 0 Å². The molecule has 20 heteroatoms. The molecule has 0 aliphatic heterocycles. The van der Waals surface area contributed by atoms with Gasteiger partial charge in [-0.3, -0.25) is 4.79 Å². The highest BCUT2D eigenvalue weighted by Gasteiger charge is 2.84. The van der Waals surface area contributed by atoms with Crippen molar-refractivity contribution in [1.82, 2.24) is 0 Å². The summed E-state index contributed by atoms with van der Waals surface area (Å²) in [5.41, 5.74) is -3.24. The van der Waals surface area contributed by atoms with Crippen LogP contribution in [0.15, 0.2) is 60.7 Å². The lowest BCUT2D eigenvalue weighted by molar-refractivity contribution is -0.400. The quantitative estimate of drug-likeness (QED) is 0.0558. The first-order valence-electron chi connectivity index (χ1n) is 25.8. The fourth-order valence-electron chi connectivity index (χ4n) is 18.5. The Morgan fingerprint density at radius 1 is 0.512 bits per heavy atom. The van der Waals surface area contributed by atoms with Gasteiger partial charge in [0.05, 0.1) is 7.11 Å². The Morgan fingerprint density at radius 3 is 1.69 bits per heavy atom. The lowest BCUT2D eigenvalue weighted by atomic mass is 9.65. The number of hydrogen-bond donors (Lipinski definition) is 0. The predicted molar refractivity (Wildman–Crippen MR) is 257 cm³/mol. The van der Waals surface area contributed by atoms with E-state index >= 15 is 35.1 Å². The minimum atomic E-state index is -7.71. The van der Waals surface area contributed by atoms with Gasteiger partial charge in [-0.15, -0.1) is 0 Å². The molecule has 8 aliphatic rings. The molecule has 2 saturated carbocycles. The van der Waals surface area contributed by atoms with Crippen molar-refractivity contribution in [3.63, 3.8) is 0 Å². The summed E-state index contributed by atoms with van der Waals surface area (Å²) in [6.07, 6.45) is -8.03. The number of alkyl halides is 18. The number of allylic oxidation sites excluding steroid dienone is 3. The number of hydrogen-bond acceptors (Lipinski definition) is 2. The molecule has 10 aromatic carbocycles. The molecule has 0 aromatic heterocycles. The number of halogens is 18. The highest BCUT2D eigenvalue weighted by Crippen LogP contribution is 2.82. The number of methoxy groups -OCH3 is 1. The van der Waals surface area contributed by atoms with Crippen molar-refractivity contribution in [2.45, 2.75) is 102 Å². The van der Waals surface area contributed by atoms with Crippen molar-refractivity contribution < 1.29 is 88.6 Å². The average molecular weight is 1120 g/mol. The van der Waals surface area contributed by atoms with E-state index in [-0.39, 0.29) is 47.6 Å². The van der Waals surface area contributed by atoms with Crippen molar-refractivity contribution in [2.24, 2.45) is 17.8 Å². The molecule has 0 heterocycles. The van der Waals surface area contributed by atoms with Crippen LogP contribution in [0, 0.1) is 17.8 Å². The molecule has 0 amide bonds. The summed E-state index contributed by atoms with van der Waals surface area (Å²) in [5, 5.41) is 15.3. The second kappa shape index (κ2) is 12.7. The summed E-state index contributed by atoms with van der Waals surface area (Å²) in [7, 11) is 0.991. The van der Waals surface area contributed by atoms with Crippen molar-refractivity contribution in [3.8, 4) is 0 Å². The minimum Gasteiger partial charge on any atom is -0.469 e. The first-order valence-corrected chi connectivity index (χ1v) is 25.8. The van der Waals surface area contributed by atoms with Crippen LogP contribution in [0.2, 0.25) is 0 Å². The highest BCUT2D eigenvalue weighted by molar-refractivity contribution is 6.57. The molecule has 0 saturated heterocycles. The van der Waals surface area contributed by atoms with E-state index in [0.717, 1.165) is 77.1 Å². The maximum atomic E-state index is 16.6. The monoisotopic (exact) mass is 1120 g/mol. The maximum absolute atomic E-state index is 16.6. The van der Waals surface area contributed by atoms with E-state index in [1.807, 2.05) is 12.1 Å². The lowest BCUT2D eigenvalue weighted by Gasteiger charge is -2.37. The van der Waals surface area contributed by atoms with E-state index < -0.39 is 113 Å². The molecule has 0 spiro atoms. The summed E-state index contributed by atoms with van der Waals surface area (Å²) in [4.78, 5) is 12.9. The third kappa shape index (κ3) is 4.23. The van der Waals surface area contributed by atoms with E-state index in [4.69, 9.17) is 4.74 Å². The second-order valence-corrected chi connectivity index (χ2v) is 23.8. The third-order valence-corrected chi connectivity index (χ3v) is 21.1. The number of esters is 1. The van der Waals surface area contributed by atoms with Crippen molar-refractivity contribution in [1.29, 1.82) is 0 Å². The third-order valence-electron chi connectivity index (χ3n) is 21.1. The lowest BCUT2D eigenvalue weighted by Crippen LogP contribution is -2.60. The second-order valence-electron chi connectivity index (χ2n) is 23.8. The van der Waals surface area contributed by atoms with Gasteiger partial charge < -0.3 is 4.74 Å². The molecule has 2 nitrogen and oxygen atoms in total. The van der Waals surface area contributed by atoms with Crippen LogP contribution < -0.4 is 5.22 Å². The van der Waals surface area contributed by atoms with Crippen LogP contribution in [-0.4, -0.2) is 49.1 Å². The van der Waals surface area contributed by atoms with Gasteiger partial charge in [-0.1, -0.05) is 48.6 Å². The Kier molecular flexibility index (Phi) is 7.43. The molecule has 8 aliphatic carbocycles. The first kappa shape index (κ1) is 47.0. The van der Waals surface area contributed by atoms with Gasteiger partial charge in [-0.2, -0.15) is 79.0 Å². The van der Waals surface area contributed by atoms with Gasteiger partial charge in [0.2, 0.25) is 0 Å². The van der Waals surface area contributed by atoms with E-state index in [1.54, 1.807) is 6.07 Å². The molecule has 0 bridgehead atoms. The number of ether oxygens (including phenoxy) is 1. The number of carbonyl (C=O) groups excluding carboxylic acids is 1. The molecule has 10 aromatic rings. The van der Waals surface area contributed by atoms with Gasteiger partial charge in [-0.25, -0.2) is 0 Å². The number of benzene rings is 6. The van der Waals surface area contributed by atoms with Crippen LogP contribution in [0.4, 0.5) is 79.0 Å². The molecular weight excluding hydrogens is 1090 g/mol. The van der Waals surface area contributed by atoms with Gasteiger partial charge in [0.25, 0.3) is 0 Å². The molecule has 9 atom stereocenters. The first-order chi connectivity index (χ1) is 37.4. The average Bonchev–Trinajstić information content (AvgIpc) is 1.47.